The summed E-state index contributed by atoms with van der Waals surface area (Å²) in [5, 5.41) is 8.62. The topological polar surface area (TPSA) is 46.8 Å². The Morgan fingerprint density at radius 3 is 2.88 bits per heavy atom. The molecule has 0 aliphatic carbocycles. The first-order chi connectivity index (χ1) is 11.9. The van der Waals surface area contributed by atoms with Gasteiger partial charge in [-0.25, -0.2) is 0 Å². The van der Waals surface area contributed by atoms with Gasteiger partial charge in [0.15, 0.2) is 0 Å². The minimum absolute atomic E-state index is 0.687. The maximum absolute atomic E-state index is 4.36. The summed E-state index contributed by atoms with van der Waals surface area (Å²) in [5.41, 5.74) is 1.77. The Morgan fingerprint density at radius 1 is 1.12 bits per heavy atom. The van der Waals surface area contributed by atoms with Crippen molar-refractivity contribution in [2.45, 2.75) is 38.3 Å². The first kappa shape index (κ1) is 16.1. The van der Waals surface area contributed by atoms with Crippen LogP contribution >= 0.6 is 11.8 Å². The molecule has 0 spiro atoms. The van der Waals surface area contributed by atoms with Gasteiger partial charge in [0.2, 0.25) is 0 Å². The Balaban J connectivity index is 1.37. The zero-order valence-corrected chi connectivity index (χ0v) is 14.9. The van der Waals surface area contributed by atoms with Crippen LogP contribution in [0.2, 0.25) is 0 Å². The molecule has 0 N–H and O–H groups in total. The average Bonchev–Trinajstić information content (AvgIpc) is 3.12. The van der Waals surface area contributed by atoms with E-state index in [2.05, 4.69) is 32.0 Å². The van der Waals surface area contributed by atoms with E-state index in [1.807, 2.05) is 29.1 Å². The molecular formula is C18H25N5S. The number of hydrogen-bond donors (Lipinski definition) is 0. The molecule has 128 valence electrons. The fourth-order valence-electron chi connectivity index (χ4n) is 3.91. The molecule has 24 heavy (non-hydrogen) atoms. The van der Waals surface area contributed by atoms with Gasteiger partial charge in [-0.3, -0.25) is 14.6 Å². The molecule has 0 aromatic carbocycles. The number of rotatable bonds is 4. The molecule has 2 saturated heterocycles. The van der Waals surface area contributed by atoms with Gasteiger partial charge in [-0.05, 0) is 61.8 Å². The normalized spacial score (nSPS) is 23.4. The van der Waals surface area contributed by atoms with Crippen LogP contribution in [0.5, 0.6) is 0 Å². The molecule has 2 fully saturated rings. The van der Waals surface area contributed by atoms with E-state index in [1.54, 1.807) is 6.20 Å². The quantitative estimate of drug-likeness (QED) is 0.854. The molecule has 4 rings (SSSR count). The zero-order chi connectivity index (χ0) is 16.2. The number of hydrogen-bond acceptors (Lipinski definition) is 5. The summed E-state index contributed by atoms with van der Waals surface area (Å²) in [4.78, 5) is 7.10. The highest BCUT2D eigenvalue weighted by molar-refractivity contribution is 7.99. The number of likely N-dealkylation sites (tertiary alicyclic amines) is 1. The highest BCUT2D eigenvalue weighted by Crippen LogP contribution is 2.27. The third-order valence-corrected chi connectivity index (χ3v) is 6.22. The molecule has 2 aromatic rings. The van der Waals surface area contributed by atoms with E-state index in [1.165, 1.54) is 50.3 Å². The Bertz CT molecular complexity index is 638. The Hall–Kier alpha value is -1.40. The van der Waals surface area contributed by atoms with E-state index < -0.39 is 0 Å². The lowest BCUT2D eigenvalue weighted by Gasteiger charge is -2.39. The number of aromatic nitrogens is 4. The Labute approximate surface area is 147 Å². The number of nitrogens with zero attached hydrogens (tertiary/aromatic N) is 5. The largest absolute Gasteiger partial charge is 0.300 e. The molecule has 2 aliphatic rings. The second kappa shape index (κ2) is 7.66. The van der Waals surface area contributed by atoms with Crippen molar-refractivity contribution in [1.29, 1.82) is 0 Å². The number of thioether (sulfide) groups is 1. The molecule has 2 aromatic heterocycles. The van der Waals surface area contributed by atoms with Crippen molar-refractivity contribution in [3.05, 3.63) is 30.6 Å². The summed E-state index contributed by atoms with van der Waals surface area (Å²) in [6.45, 7) is 3.47. The first-order valence-corrected chi connectivity index (χ1v) is 10.2. The zero-order valence-electron chi connectivity index (χ0n) is 14.0. The van der Waals surface area contributed by atoms with Crippen molar-refractivity contribution in [3.63, 3.8) is 0 Å². The predicted molar refractivity (Wildman–Crippen MR) is 97.9 cm³/mol. The van der Waals surface area contributed by atoms with Gasteiger partial charge in [0.25, 0.3) is 0 Å². The van der Waals surface area contributed by atoms with Crippen molar-refractivity contribution >= 4 is 11.8 Å². The molecule has 0 bridgehead atoms. The second-order valence-corrected chi connectivity index (χ2v) is 8.11. The number of pyridine rings is 1. The molecule has 1 atom stereocenters. The van der Waals surface area contributed by atoms with Crippen LogP contribution in [0.4, 0.5) is 0 Å². The fraction of sp³-hybridized carbons (Fsp3) is 0.611. The SMILES string of the molecule is c1ccc(-c2cn(C[C@@H]3CCCN(C4CCSCC4)C3)nn2)nc1. The molecule has 5 nitrogen and oxygen atoms in total. The molecule has 0 saturated carbocycles. The van der Waals surface area contributed by atoms with Crippen LogP contribution in [-0.2, 0) is 6.54 Å². The van der Waals surface area contributed by atoms with Crippen molar-refractivity contribution < 1.29 is 0 Å². The number of piperidine rings is 1. The van der Waals surface area contributed by atoms with Gasteiger partial charge in [-0.1, -0.05) is 11.3 Å². The van der Waals surface area contributed by atoms with E-state index in [-0.39, 0.29) is 0 Å². The lowest BCUT2D eigenvalue weighted by molar-refractivity contribution is 0.107. The van der Waals surface area contributed by atoms with Crippen molar-refractivity contribution in [3.8, 4) is 11.4 Å². The Morgan fingerprint density at radius 2 is 2.04 bits per heavy atom. The summed E-state index contributed by atoms with van der Waals surface area (Å²) < 4.78 is 2.01. The van der Waals surface area contributed by atoms with Crippen molar-refractivity contribution in [2.75, 3.05) is 24.6 Å². The van der Waals surface area contributed by atoms with Crippen LogP contribution in [0.1, 0.15) is 25.7 Å². The summed E-state index contributed by atoms with van der Waals surface area (Å²) in [6, 6.07) is 6.71. The van der Waals surface area contributed by atoms with Crippen LogP contribution in [0.25, 0.3) is 11.4 Å². The molecule has 0 radical (unpaired) electrons. The fourth-order valence-corrected chi connectivity index (χ4v) is 4.99. The highest BCUT2D eigenvalue weighted by Gasteiger charge is 2.27. The molecular weight excluding hydrogens is 318 g/mol. The van der Waals surface area contributed by atoms with Crippen LogP contribution in [0.3, 0.4) is 0 Å². The lowest BCUT2D eigenvalue weighted by Crippen LogP contribution is -2.45. The van der Waals surface area contributed by atoms with Gasteiger partial charge in [-0.2, -0.15) is 11.8 Å². The third kappa shape index (κ3) is 3.81. The van der Waals surface area contributed by atoms with Crippen molar-refractivity contribution in [2.24, 2.45) is 5.92 Å². The minimum Gasteiger partial charge on any atom is -0.300 e. The standard InChI is InChI=1S/C18H25N5S/c1-2-8-19-17(5-1)18-14-23(21-20-18)13-15-4-3-9-22(12-15)16-6-10-24-11-7-16/h1-2,5,8,14-16H,3-4,6-7,9-13H2/t15-/m1/s1. The van der Waals surface area contributed by atoms with Crippen LogP contribution in [0.15, 0.2) is 30.6 Å². The lowest BCUT2D eigenvalue weighted by atomic mass is 9.95. The predicted octanol–water partition coefficient (Wildman–Crippen LogP) is 2.95. The highest BCUT2D eigenvalue weighted by atomic mass is 32.2. The monoisotopic (exact) mass is 343 g/mol. The van der Waals surface area contributed by atoms with Crippen molar-refractivity contribution in [1.82, 2.24) is 24.9 Å². The van der Waals surface area contributed by atoms with Gasteiger partial charge in [0.05, 0.1) is 11.9 Å². The summed E-state index contributed by atoms with van der Waals surface area (Å²) in [5.74, 6) is 3.36. The van der Waals surface area contributed by atoms with Gasteiger partial charge in [0.1, 0.15) is 5.69 Å². The third-order valence-electron chi connectivity index (χ3n) is 5.17. The second-order valence-electron chi connectivity index (χ2n) is 6.89. The van der Waals surface area contributed by atoms with E-state index >= 15 is 0 Å². The summed E-state index contributed by atoms with van der Waals surface area (Å²) >= 11 is 2.11. The minimum atomic E-state index is 0.687. The van der Waals surface area contributed by atoms with E-state index in [4.69, 9.17) is 0 Å². The summed E-state index contributed by atoms with van der Waals surface area (Å²) in [6.07, 6.45) is 9.19. The van der Waals surface area contributed by atoms with E-state index in [0.717, 1.165) is 24.0 Å². The van der Waals surface area contributed by atoms with Gasteiger partial charge < -0.3 is 0 Å². The van der Waals surface area contributed by atoms with Crippen LogP contribution in [-0.4, -0.2) is 55.5 Å². The maximum atomic E-state index is 4.36. The summed E-state index contributed by atoms with van der Waals surface area (Å²) in [7, 11) is 0. The van der Waals surface area contributed by atoms with Crippen LogP contribution < -0.4 is 0 Å². The van der Waals surface area contributed by atoms with E-state index in [9.17, 15) is 0 Å². The molecule has 0 amide bonds. The molecule has 0 unspecified atom stereocenters. The smallest absolute Gasteiger partial charge is 0.131 e. The maximum Gasteiger partial charge on any atom is 0.131 e. The molecule has 6 heteroatoms. The molecule has 2 aliphatic heterocycles. The Kier molecular flexibility index (Phi) is 5.13. The first-order valence-electron chi connectivity index (χ1n) is 9.02. The van der Waals surface area contributed by atoms with E-state index in [0.29, 0.717) is 5.92 Å². The van der Waals surface area contributed by atoms with Gasteiger partial charge >= 0.3 is 0 Å². The van der Waals surface area contributed by atoms with Crippen LogP contribution in [0, 0.1) is 5.92 Å². The van der Waals surface area contributed by atoms with Gasteiger partial charge in [-0.15, -0.1) is 5.10 Å². The molecule has 4 heterocycles. The average molecular weight is 344 g/mol. The van der Waals surface area contributed by atoms with Gasteiger partial charge in [0, 0.05) is 25.3 Å².